The fourth-order valence-electron chi connectivity index (χ4n) is 3.42. The molecule has 1 aliphatic rings. The first-order valence-electron chi connectivity index (χ1n) is 8.15. The van der Waals surface area contributed by atoms with E-state index in [1.165, 1.54) is 4.90 Å². The molecule has 1 aliphatic heterocycles. The zero-order valence-electron chi connectivity index (χ0n) is 13.4. The van der Waals surface area contributed by atoms with Crippen molar-refractivity contribution in [2.45, 2.75) is 44.6 Å². The molecule has 1 N–H and O–H groups in total. The van der Waals surface area contributed by atoms with E-state index in [9.17, 15) is 9.90 Å². The zero-order chi connectivity index (χ0) is 16.3. The van der Waals surface area contributed by atoms with Gasteiger partial charge in [0.1, 0.15) is 11.3 Å². The molecule has 1 atom stereocenters. The van der Waals surface area contributed by atoms with Crippen molar-refractivity contribution in [1.82, 2.24) is 9.88 Å². The number of likely N-dealkylation sites (tertiary alicyclic amines) is 1. The Morgan fingerprint density at radius 1 is 1.35 bits per heavy atom. The van der Waals surface area contributed by atoms with Gasteiger partial charge < -0.3 is 9.52 Å². The summed E-state index contributed by atoms with van der Waals surface area (Å²) in [6, 6.07) is 9.97. The first kappa shape index (κ1) is 15.6. The van der Waals surface area contributed by atoms with E-state index in [2.05, 4.69) is 4.98 Å². The monoisotopic (exact) mass is 314 g/mol. The lowest BCUT2D eigenvalue weighted by molar-refractivity contribution is 0.0261. The van der Waals surface area contributed by atoms with Gasteiger partial charge in [-0.2, -0.15) is 0 Å². The summed E-state index contributed by atoms with van der Waals surface area (Å²) in [5.41, 5.74) is 0.385. The van der Waals surface area contributed by atoms with Crippen molar-refractivity contribution in [2.75, 3.05) is 6.54 Å². The van der Waals surface area contributed by atoms with E-state index in [1.54, 1.807) is 6.20 Å². The molecule has 5 nitrogen and oxygen atoms in total. The number of rotatable bonds is 4. The average Bonchev–Trinajstić information content (AvgIpc) is 3.05. The van der Waals surface area contributed by atoms with Gasteiger partial charge in [-0.15, -0.1) is 0 Å². The number of piperidine rings is 1. The molecule has 0 unspecified atom stereocenters. The van der Waals surface area contributed by atoms with Gasteiger partial charge in [-0.1, -0.05) is 37.3 Å². The van der Waals surface area contributed by atoms with Crippen LogP contribution in [0.2, 0.25) is 0 Å². The highest BCUT2D eigenvalue weighted by molar-refractivity contribution is 5.66. The number of benzene rings is 1. The third-order valence-corrected chi connectivity index (χ3v) is 4.61. The predicted molar refractivity (Wildman–Crippen MR) is 86.3 cm³/mol. The van der Waals surface area contributed by atoms with Crippen LogP contribution in [0.1, 0.15) is 43.4 Å². The smallest absolute Gasteiger partial charge is 0.408 e. The van der Waals surface area contributed by atoms with Gasteiger partial charge in [0, 0.05) is 19.4 Å². The number of hydrogen-bond donors (Lipinski definition) is 1. The standard InChI is InChI=1S/C18H22N2O3/c1-2-15-13-19-16(23-15)18(12-14-8-4-3-5-9-14)10-6-7-11-20(18)17(21)22/h3-5,8-9,13H,2,6-7,10-12H2,1H3,(H,21,22)/t18-/m0/s1. The number of carboxylic acid groups (broad SMARTS) is 1. The summed E-state index contributed by atoms with van der Waals surface area (Å²) in [4.78, 5) is 17.8. The second-order valence-electron chi connectivity index (χ2n) is 6.07. The highest BCUT2D eigenvalue weighted by Crippen LogP contribution is 2.40. The Labute approximate surface area is 135 Å². The van der Waals surface area contributed by atoms with Crippen molar-refractivity contribution < 1.29 is 14.3 Å². The fraction of sp³-hybridized carbons (Fsp3) is 0.444. The van der Waals surface area contributed by atoms with Crippen LogP contribution >= 0.6 is 0 Å². The molecular weight excluding hydrogens is 292 g/mol. The van der Waals surface area contributed by atoms with Crippen molar-refractivity contribution in [3.8, 4) is 0 Å². The van der Waals surface area contributed by atoms with Crippen LogP contribution in [0, 0.1) is 0 Å². The lowest BCUT2D eigenvalue weighted by Gasteiger charge is -2.43. The normalized spacial score (nSPS) is 21.3. The van der Waals surface area contributed by atoms with Crippen molar-refractivity contribution >= 4 is 6.09 Å². The number of aromatic nitrogens is 1. The van der Waals surface area contributed by atoms with Gasteiger partial charge in [-0.25, -0.2) is 9.78 Å². The van der Waals surface area contributed by atoms with Crippen LogP contribution in [0.15, 0.2) is 40.9 Å². The summed E-state index contributed by atoms with van der Waals surface area (Å²) in [6.07, 6.45) is 4.74. The minimum atomic E-state index is -0.906. The summed E-state index contributed by atoms with van der Waals surface area (Å²) >= 11 is 0. The van der Waals surface area contributed by atoms with E-state index in [1.807, 2.05) is 37.3 Å². The maximum atomic E-state index is 11.9. The predicted octanol–water partition coefficient (Wildman–Crippen LogP) is 3.84. The number of oxazole rings is 1. The summed E-state index contributed by atoms with van der Waals surface area (Å²) in [5.74, 6) is 1.32. The first-order valence-corrected chi connectivity index (χ1v) is 8.15. The second kappa shape index (κ2) is 6.44. The van der Waals surface area contributed by atoms with Gasteiger partial charge in [-0.3, -0.25) is 4.90 Å². The molecule has 3 rings (SSSR count). The molecule has 1 saturated heterocycles. The molecule has 1 aromatic carbocycles. The topological polar surface area (TPSA) is 66.6 Å². The van der Waals surface area contributed by atoms with Gasteiger partial charge >= 0.3 is 6.09 Å². The lowest BCUT2D eigenvalue weighted by atomic mass is 9.81. The molecule has 23 heavy (non-hydrogen) atoms. The van der Waals surface area contributed by atoms with E-state index >= 15 is 0 Å². The third-order valence-electron chi connectivity index (χ3n) is 4.61. The van der Waals surface area contributed by atoms with Crippen LogP contribution in [0.3, 0.4) is 0 Å². The number of amides is 1. The maximum Gasteiger partial charge on any atom is 0.408 e. The molecule has 2 heterocycles. The molecule has 5 heteroatoms. The zero-order valence-corrected chi connectivity index (χ0v) is 13.4. The molecule has 2 aromatic rings. The van der Waals surface area contributed by atoms with Gasteiger partial charge in [0.05, 0.1) is 6.20 Å². The highest BCUT2D eigenvalue weighted by atomic mass is 16.4. The highest BCUT2D eigenvalue weighted by Gasteiger charge is 2.47. The molecule has 0 saturated carbocycles. The number of nitrogens with zero attached hydrogens (tertiary/aromatic N) is 2. The second-order valence-corrected chi connectivity index (χ2v) is 6.07. The molecule has 0 radical (unpaired) electrons. The third kappa shape index (κ3) is 2.96. The van der Waals surface area contributed by atoms with Gasteiger partial charge in [-0.05, 0) is 24.8 Å². The fourth-order valence-corrected chi connectivity index (χ4v) is 3.42. The van der Waals surface area contributed by atoms with Crippen molar-refractivity contribution in [2.24, 2.45) is 0 Å². The van der Waals surface area contributed by atoms with Crippen LogP contribution in [-0.4, -0.2) is 27.6 Å². The SMILES string of the molecule is CCc1cnc([C@@]2(Cc3ccccc3)CCCCN2C(=O)O)o1. The number of aryl methyl sites for hydroxylation is 1. The van der Waals surface area contributed by atoms with E-state index in [-0.39, 0.29) is 0 Å². The lowest BCUT2D eigenvalue weighted by Crippen LogP contribution is -2.53. The van der Waals surface area contributed by atoms with Crippen LogP contribution < -0.4 is 0 Å². The Balaban J connectivity index is 2.05. The summed E-state index contributed by atoms with van der Waals surface area (Å²) < 4.78 is 5.91. The molecule has 1 aromatic heterocycles. The van der Waals surface area contributed by atoms with Gasteiger partial charge in [0.2, 0.25) is 5.89 Å². The van der Waals surface area contributed by atoms with Crippen LogP contribution in [-0.2, 0) is 18.4 Å². The van der Waals surface area contributed by atoms with E-state index in [0.29, 0.717) is 18.9 Å². The van der Waals surface area contributed by atoms with Crippen LogP contribution in [0.25, 0.3) is 0 Å². The average molecular weight is 314 g/mol. The molecule has 1 fully saturated rings. The Hall–Kier alpha value is -2.30. The van der Waals surface area contributed by atoms with Crippen LogP contribution in [0.5, 0.6) is 0 Å². The number of carbonyl (C=O) groups is 1. The van der Waals surface area contributed by atoms with Crippen molar-refractivity contribution in [1.29, 1.82) is 0 Å². The molecule has 0 bridgehead atoms. The quantitative estimate of drug-likeness (QED) is 0.931. The summed E-state index contributed by atoms with van der Waals surface area (Å²) in [5, 5.41) is 9.73. The minimum Gasteiger partial charge on any atom is -0.465 e. The first-order chi connectivity index (χ1) is 11.2. The molecule has 1 amide bonds. The largest absolute Gasteiger partial charge is 0.465 e. The van der Waals surface area contributed by atoms with Crippen LogP contribution in [0.4, 0.5) is 4.79 Å². The number of hydrogen-bond acceptors (Lipinski definition) is 3. The maximum absolute atomic E-state index is 11.9. The molecule has 0 aliphatic carbocycles. The Kier molecular flexibility index (Phi) is 4.37. The van der Waals surface area contributed by atoms with E-state index in [4.69, 9.17) is 4.42 Å². The Morgan fingerprint density at radius 3 is 2.78 bits per heavy atom. The van der Waals surface area contributed by atoms with E-state index in [0.717, 1.165) is 37.0 Å². The Bertz CT molecular complexity index is 668. The molecule has 122 valence electrons. The van der Waals surface area contributed by atoms with Crippen molar-refractivity contribution in [3.63, 3.8) is 0 Å². The molecular formula is C18H22N2O3. The van der Waals surface area contributed by atoms with Gasteiger partial charge in [0.25, 0.3) is 0 Å². The summed E-state index contributed by atoms with van der Waals surface area (Å²) in [6.45, 7) is 2.52. The molecule has 0 spiro atoms. The van der Waals surface area contributed by atoms with E-state index < -0.39 is 11.6 Å². The summed E-state index contributed by atoms with van der Waals surface area (Å²) in [7, 11) is 0. The Morgan fingerprint density at radius 2 is 2.13 bits per heavy atom. The van der Waals surface area contributed by atoms with Crippen molar-refractivity contribution in [3.05, 3.63) is 53.7 Å². The minimum absolute atomic E-state index is 0.520. The van der Waals surface area contributed by atoms with Gasteiger partial charge in [0.15, 0.2) is 0 Å².